The number of benzene rings is 2. The Hall–Kier alpha value is -3.72. The molecule has 0 bridgehead atoms. The van der Waals surface area contributed by atoms with Gasteiger partial charge in [-0.05, 0) is 68.1 Å². The minimum absolute atomic E-state index is 0.0246. The normalized spacial score (nSPS) is 12.5. The van der Waals surface area contributed by atoms with E-state index in [0.29, 0.717) is 42.4 Å². The number of thiophene rings is 1. The third-order valence-electron chi connectivity index (χ3n) is 6.49. The van der Waals surface area contributed by atoms with Gasteiger partial charge in [0.25, 0.3) is 0 Å². The molecule has 0 spiro atoms. The van der Waals surface area contributed by atoms with Crippen LogP contribution in [-0.4, -0.2) is 62.2 Å². The lowest BCUT2D eigenvalue weighted by atomic mass is 10.1. The zero-order valence-corrected chi connectivity index (χ0v) is 23.2. The predicted octanol–water partition coefficient (Wildman–Crippen LogP) is 5.35. The van der Waals surface area contributed by atoms with E-state index in [0.717, 1.165) is 23.3 Å². The number of carbonyl (C=O) groups excluding carboxylic acids is 2. The SMILES string of the molecule is COc1cccc(NC(=O)N(CC(=O)N(CCc2ccc(OC)c(OC)c2)Cc2ccc(C)s2)C2CC2)c1. The molecule has 1 saturated carbocycles. The largest absolute Gasteiger partial charge is 0.497 e. The Labute approximate surface area is 228 Å². The summed E-state index contributed by atoms with van der Waals surface area (Å²) in [5, 5.41) is 2.93. The van der Waals surface area contributed by atoms with Crippen molar-refractivity contribution in [3.63, 3.8) is 0 Å². The summed E-state index contributed by atoms with van der Waals surface area (Å²) in [4.78, 5) is 32.7. The second-order valence-corrected chi connectivity index (χ2v) is 10.7. The lowest BCUT2D eigenvalue weighted by Gasteiger charge is -2.28. The molecule has 0 radical (unpaired) electrons. The number of nitrogens with zero attached hydrogens (tertiary/aromatic N) is 2. The summed E-state index contributed by atoms with van der Waals surface area (Å²) in [7, 11) is 4.80. The van der Waals surface area contributed by atoms with Gasteiger partial charge in [0.05, 0.1) is 27.9 Å². The van der Waals surface area contributed by atoms with Crippen LogP contribution in [0.2, 0.25) is 0 Å². The molecule has 1 aromatic heterocycles. The maximum atomic E-state index is 13.6. The van der Waals surface area contributed by atoms with Crippen LogP contribution >= 0.6 is 11.3 Å². The molecular formula is C29H35N3O5S. The second kappa shape index (κ2) is 12.7. The topological polar surface area (TPSA) is 80.3 Å². The molecule has 1 heterocycles. The Balaban J connectivity index is 1.47. The number of rotatable bonds is 12. The number of nitrogens with one attached hydrogen (secondary N) is 1. The van der Waals surface area contributed by atoms with E-state index in [9.17, 15) is 9.59 Å². The van der Waals surface area contributed by atoms with Crippen LogP contribution in [0.4, 0.5) is 10.5 Å². The highest BCUT2D eigenvalue weighted by molar-refractivity contribution is 7.11. The minimum atomic E-state index is -0.277. The molecule has 1 aliphatic rings. The number of carbonyl (C=O) groups is 2. The number of aryl methyl sites for hydroxylation is 1. The van der Waals surface area contributed by atoms with Gasteiger partial charge in [-0.15, -0.1) is 11.3 Å². The van der Waals surface area contributed by atoms with Crippen molar-refractivity contribution in [3.8, 4) is 17.2 Å². The van der Waals surface area contributed by atoms with Gasteiger partial charge in [-0.2, -0.15) is 0 Å². The average Bonchev–Trinajstić information content (AvgIpc) is 3.69. The average molecular weight is 538 g/mol. The Morgan fingerprint density at radius 1 is 0.974 bits per heavy atom. The van der Waals surface area contributed by atoms with E-state index in [2.05, 4.69) is 24.4 Å². The maximum absolute atomic E-state index is 13.6. The summed E-state index contributed by atoms with van der Waals surface area (Å²) in [5.41, 5.74) is 1.67. The first-order valence-corrected chi connectivity index (χ1v) is 13.5. The summed E-state index contributed by atoms with van der Waals surface area (Å²) in [6.45, 7) is 3.10. The van der Waals surface area contributed by atoms with Gasteiger partial charge in [-0.25, -0.2) is 4.79 Å². The van der Waals surface area contributed by atoms with Crippen molar-refractivity contribution in [2.24, 2.45) is 0 Å². The van der Waals surface area contributed by atoms with Gasteiger partial charge in [0.15, 0.2) is 11.5 Å². The van der Waals surface area contributed by atoms with Crippen molar-refractivity contribution in [2.45, 2.75) is 38.8 Å². The number of hydrogen-bond acceptors (Lipinski definition) is 6. The number of urea groups is 1. The Morgan fingerprint density at radius 2 is 1.76 bits per heavy atom. The highest BCUT2D eigenvalue weighted by atomic mass is 32.1. The Bertz CT molecular complexity index is 1260. The van der Waals surface area contributed by atoms with E-state index in [4.69, 9.17) is 14.2 Å². The fourth-order valence-corrected chi connectivity index (χ4v) is 5.15. The second-order valence-electron chi connectivity index (χ2n) is 9.29. The molecule has 3 amide bonds. The van der Waals surface area contributed by atoms with Crippen molar-refractivity contribution in [1.82, 2.24) is 9.80 Å². The first-order valence-electron chi connectivity index (χ1n) is 12.7. The lowest BCUT2D eigenvalue weighted by Crippen LogP contribution is -2.45. The molecule has 1 N–H and O–H groups in total. The van der Waals surface area contributed by atoms with Gasteiger partial charge < -0.3 is 29.3 Å². The van der Waals surface area contributed by atoms with Gasteiger partial charge in [-0.3, -0.25) is 4.79 Å². The first-order chi connectivity index (χ1) is 18.4. The Morgan fingerprint density at radius 3 is 2.42 bits per heavy atom. The van der Waals surface area contributed by atoms with E-state index < -0.39 is 0 Å². The summed E-state index contributed by atoms with van der Waals surface area (Å²) < 4.78 is 16.1. The zero-order chi connectivity index (χ0) is 27.1. The van der Waals surface area contributed by atoms with E-state index in [-0.39, 0.29) is 24.5 Å². The van der Waals surface area contributed by atoms with Gasteiger partial charge in [-0.1, -0.05) is 12.1 Å². The molecule has 3 aromatic rings. The van der Waals surface area contributed by atoms with Crippen LogP contribution in [0.25, 0.3) is 0 Å². The molecule has 0 aliphatic heterocycles. The highest BCUT2D eigenvalue weighted by Gasteiger charge is 2.35. The summed E-state index contributed by atoms with van der Waals surface area (Å²) in [6, 6.07) is 16.9. The molecule has 202 valence electrons. The molecular weight excluding hydrogens is 502 g/mol. The molecule has 4 rings (SSSR count). The first kappa shape index (κ1) is 27.3. The Kier molecular flexibility index (Phi) is 9.12. The van der Waals surface area contributed by atoms with E-state index >= 15 is 0 Å². The van der Waals surface area contributed by atoms with E-state index in [1.807, 2.05) is 41.3 Å². The van der Waals surface area contributed by atoms with Crippen LogP contribution in [0.5, 0.6) is 17.2 Å². The molecule has 2 aromatic carbocycles. The third kappa shape index (κ3) is 7.19. The van der Waals surface area contributed by atoms with Gasteiger partial charge >= 0.3 is 6.03 Å². The van der Waals surface area contributed by atoms with Crippen LogP contribution in [-0.2, 0) is 17.8 Å². The van der Waals surface area contributed by atoms with Crippen LogP contribution in [0.1, 0.15) is 28.2 Å². The monoisotopic (exact) mass is 537 g/mol. The molecule has 8 nitrogen and oxygen atoms in total. The van der Waals surface area contributed by atoms with Gasteiger partial charge in [0, 0.05) is 34.1 Å². The van der Waals surface area contributed by atoms with E-state index in [1.54, 1.807) is 43.6 Å². The fraction of sp³-hybridized carbons (Fsp3) is 0.379. The number of methoxy groups -OCH3 is 3. The number of anilines is 1. The highest BCUT2D eigenvalue weighted by Crippen LogP contribution is 2.29. The maximum Gasteiger partial charge on any atom is 0.322 e. The predicted molar refractivity (Wildman–Crippen MR) is 149 cm³/mol. The molecule has 0 atom stereocenters. The quantitative estimate of drug-likeness (QED) is 0.337. The van der Waals surface area contributed by atoms with Crippen molar-refractivity contribution < 1.29 is 23.8 Å². The van der Waals surface area contributed by atoms with Gasteiger partial charge in [0.1, 0.15) is 12.3 Å². The molecule has 0 unspecified atom stereocenters. The minimum Gasteiger partial charge on any atom is -0.497 e. The molecule has 1 aliphatic carbocycles. The molecule has 1 fully saturated rings. The number of amides is 3. The smallest absolute Gasteiger partial charge is 0.322 e. The van der Waals surface area contributed by atoms with Crippen LogP contribution < -0.4 is 19.5 Å². The third-order valence-corrected chi connectivity index (χ3v) is 7.47. The molecule has 0 saturated heterocycles. The van der Waals surface area contributed by atoms with E-state index in [1.165, 1.54) is 4.88 Å². The van der Waals surface area contributed by atoms with Crippen LogP contribution in [0.3, 0.4) is 0 Å². The lowest BCUT2D eigenvalue weighted by molar-refractivity contribution is -0.132. The summed E-state index contributed by atoms with van der Waals surface area (Å²) >= 11 is 1.68. The molecule has 9 heteroatoms. The van der Waals surface area contributed by atoms with Crippen LogP contribution in [0, 0.1) is 6.92 Å². The molecule has 38 heavy (non-hydrogen) atoms. The van der Waals surface area contributed by atoms with Gasteiger partial charge in [0.2, 0.25) is 5.91 Å². The number of hydrogen-bond donors (Lipinski definition) is 1. The number of ether oxygens (including phenoxy) is 3. The zero-order valence-electron chi connectivity index (χ0n) is 22.4. The summed E-state index contributed by atoms with van der Waals surface area (Å²) in [6.07, 6.45) is 2.44. The van der Waals surface area contributed by atoms with Crippen LogP contribution in [0.15, 0.2) is 54.6 Å². The van der Waals surface area contributed by atoms with Crippen molar-refractivity contribution >= 4 is 29.0 Å². The standard InChI is InChI=1S/C29H35N3O5S/c1-20-8-12-25(38-20)18-31(15-14-21-9-13-26(36-3)27(16-21)37-4)28(33)19-32(23-10-11-23)29(34)30-22-6-5-7-24(17-22)35-2/h5-9,12-13,16-17,23H,10-11,14-15,18-19H2,1-4H3,(H,30,34). The van der Waals surface area contributed by atoms with Crippen molar-refractivity contribution in [2.75, 3.05) is 39.7 Å². The van der Waals surface area contributed by atoms with Crippen molar-refractivity contribution in [1.29, 1.82) is 0 Å². The fourth-order valence-electron chi connectivity index (χ4n) is 4.25. The summed E-state index contributed by atoms with van der Waals surface area (Å²) in [5.74, 6) is 1.90. The van der Waals surface area contributed by atoms with Crippen molar-refractivity contribution in [3.05, 3.63) is 69.9 Å².